The number of carbonyl (C=O) groups excluding carboxylic acids is 1. The number of nitrogens with zero attached hydrogens (tertiary/aromatic N) is 2. The van der Waals surface area contributed by atoms with Gasteiger partial charge in [0.25, 0.3) is 0 Å². The van der Waals surface area contributed by atoms with Gasteiger partial charge in [-0.05, 0) is 19.1 Å². The second kappa shape index (κ2) is 6.30. The van der Waals surface area contributed by atoms with E-state index < -0.39 is 0 Å². The van der Waals surface area contributed by atoms with Gasteiger partial charge >= 0.3 is 0 Å². The van der Waals surface area contributed by atoms with Gasteiger partial charge in [-0.1, -0.05) is 26.0 Å². The zero-order chi connectivity index (χ0) is 13.8. The molecule has 19 heavy (non-hydrogen) atoms. The highest BCUT2D eigenvalue weighted by atomic mass is 32.2. The van der Waals surface area contributed by atoms with Gasteiger partial charge in [0.1, 0.15) is 16.1 Å². The molecule has 1 aliphatic rings. The standard InChI is InChI=1S/C12H10N2OS2.C2H6/c1-7(15)9-6-16-11(14-9)12-13-8-4-2-3-5-10(8)17-12;1-2/h2-5,9H,6H2,1H3;1-2H3. The molecule has 0 saturated heterocycles. The number of rotatable bonds is 2. The third kappa shape index (κ3) is 3.04. The van der Waals surface area contributed by atoms with Crippen LogP contribution in [0.25, 0.3) is 10.2 Å². The maximum Gasteiger partial charge on any atom is 0.155 e. The third-order valence-electron chi connectivity index (χ3n) is 2.60. The number of para-hydroxylation sites is 1. The molecule has 2 aromatic rings. The molecule has 0 radical (unpaired) electrons. The van der Waals surface area contributed by atoms with Crippen LogP contribution in [0.2, 0.25) is 0 Å². The van der Waals surface area contributed by atoms with Gasteiger partial charge in [-0.15, -0.1) is 23.1 Å². The summed E-state index contributed by atoms with van der Waals surface area (Å²) in [7, 11) is 0. The Morgan fingerprint density at radius 2 is 2.05 bits per heavy atom. The Balaban J connectivity index is 0.000000637. The van der Waals surface area contributed by atoms with Crippen molar-refractivity contribution in [3.05, 3.63) is 29.3 Å². The van der Waals surface area contributed by atoms with Gasteiger partial charge in [0.05, 0.1) is 10.2 Å². The first-order valence-corrected chi connectivity index (χ1v) is 8.11. The molecule has 3 nitrogen and oxygen atoms in total. The van der Waals surface area contributed by atoms with Crippen LogP contribution in [0.4, 0.5) is 0 Å². The monoisotopic (exact) mass is 292 g/mol. The first-order valence-electron chi connectivity index (χ1n) is 6.31. The van der Waals surface area contributed by atoms with Gasteiger partial charge in [0.2, 0.25) is 0 Å². The average Bonchev–Trinajstić information content (AvgIpc) is 3.07. The summed E-state index contributed by atoms with van der Waals surface area (Å²) in [5, 5.41) is 1.84. The molecule has 100 valence electrons. The maximum atomic E-state index is 11.3. The lowest BCUT2D eigenvalue weighted by molar-refractivity contribution is -0.117. The minimum atomic E-state index is -0.179. The lowest BCUT2D eigenvalue weighted by Crippen LogP contribution is -2.14. The molecule has 0 amide bonds. The highest BCUT2D eigenvalue weighted by molar-refractivity contribution is 8.15. The zero-order valence-electron chi connectivity index (χ0n) is 11.2. The predicted octanol–water partition coefficient (Wildman–Crippen LogP) is 3.77. The number of thioether (sulfide) groups is 1. The number of hydrogen-bond donors (Lipinski definition) is 0. The van der Waals surface area contributed by atoms with Crippen LogP contribution in [0.1, 0.15) is 25.8 Å². The van der Waals surface area contributed by atoms with Crippen molar-refractivity contribution in [2.24, 2.45) is 4.99 Å². The maximum absolute atomic E-state index is 11.3. The van der Waals surface area contributed by atoms with Crippen LogP contribution in [0.3, 0.4) is 0 Å². The number of ketones is 1. The van der Waals surface area contributed by atoms with Crippen LogP contribution in [0, 0.1) is 0 Å². The molecule has 1 aliphatic heterocycles. The van der Waals surface area contributed by atoms with Crippen molar-refractivity contribution in [1.82, 2.24) is 4.98 Å². The van der Waals surface area contributed by atoms with Gasteiger partial charge in [-0.2, -0.15) is 0 Å². The predicted molar refractivity (Wildman–Crippen MR) is 84.4 cm³/mol. The van der Waals surface area contributed by atoms with Crippen molar-refractivity contribution in [3.8, 4) is 0 Å². The Labute approximate surface area is 121 Å². The first-order chi connectivity index (χ1) is 9.24. The van der Waals surface area contributed by atoms with Crippen molar-refractivity contribution in [1.29, 1.82) is 0 Å². The van der Waals surface area contributed by atoms with Crippen LogP contribution in [0.5, 0.6) is 0 Å². The molecule has 0 bridgehead atoms. The lowest BCUT2D eigenvalue weighted by atomic mass is 10.2. The Morgan fingerprint density at radius 1 is 1.32 bits per heavy atom. The SMILES string of the molecule is CC.CC(=O)C1CSC(c2nc3ccccc3s2)=N1. The fourth-order valence-corrected chi connectivity index (χ4v) is 3.82. The van der Waals surface area contributed by atoms with Crippen LogP contribution >= 0.6 is 23.1 Å². The summed E-state index contributed by atoms with van der Waals surface area (Å²) in [4.78, 5) is 20.2. The molecule has 1 unspecified atom stereocenters. The van der Waals surface area contributed by atoms with E-state index in [9.17, 15) is 4.79 Å². The van der Waals surface area contributed by atoms with E-state index in [2.05, 4.69) is 16.0 Å². The Bertz CT molecular complexity index is 586. The number of hydrogen-bond acceptors (Lipinski definition) is 5. The van der Waals surface area contributed by atoms with E-state index in [0.717, 1.165) is 26.0 Å². The van der Waals surface area contributed by atoms with Gasteiger partial charge in [-0.3, -0.25) is 9.79 Å². The lowest BCUT2D eigenvalue weighted by Gasteiger charge is -1.95. The first kappa shape index (κ1) is 14.2. The van der Waals surface area contributed by atoms with E-state index in [1.165, 1.54) is 0 Å². The van der Waals surface area contributed by atoms with Crippen molar-refractivity contribution in [2.75, 3.05) is 5.75 Å². The largest absolute Gasteiger partial charge is 0.298 e. The topological polar surface area (TPSA) is 42.3 Å². The fourth-order valence-electron chi connectivity index (χ4n) is 1.66. The molecule has 0 spiro atoms. The van der Waals surface area contributed by atoms with Gasteiger partial charge < -0.3 is 0 Å². The Hall–Kier alpha value is -1.20. The van der Waals surface area contributed by atoms with E-state index in [0.29, 0.717) is 0 Å². The molecular weight excluding hydrogens is 276 g/mol. The molecule has 1 atom stereocenters. The summed E-state index contributed by atoms with van der Waals surface area (Å²) in [6.07, 6.45) is 0. The number of benzene rings is 1. The second-order valence-electron chi connectivity index (χ2n) is 3.86. The molecule has 0 aliphatic carbocycles. The minimum absolute atomic E-state index is 0.133. The summed E-state index contributed by atoms with van der Waals surface area (Å²) in [5.41, 5.74) is 1.00. The Morgan fingerprint density at radius 3 is 2.68 bits per heavy atom. The molecular formula is C14H16N2OS2. The van der Waals surface area contributed by atoms with E-state index in [4.69, 9.17) is 0 Å². The van der Waals surface area contributed by atoms with Crippen molar-refractivity contribution in [2.45, 2.75) is 26.8 Å². The second-order valence-corrected chi connectivity index (χ2v) is 5.90. The molecule has 0 saturated carbocycles. The van der Waals surface area contributed by atoms with Gasteiger partial charge in [0.15, 0.2) is 5.78 Å². The third-order valence-corrected chi connectivity index (χ3v) is 4.82. The number of carbonyl (C=O) groups is 1. The molecule has 2 heterocycles. The number of thiazole rings is 1. The normalized spacial score (nSPS) is 17.8. The molecule has 0 fully saturated rings. The number of fused-ring (bicyclic) bond motifs is 1. The quantitative estimate of drug-likeness (QED) is 0.846. The van der Waals surface area contributed by atoms with E-state index in [1.807, 2.05) is 32.0 Å². The summed E-state index contributed by atoms with van der Waals surface area (Å²) < 4.78 is 1.16. The molecule has 3 rings (SSSR count). The summed E-state index contributed by atoms with van der Waals surface area (Å²) in [6, 6.07) is 7.86. The molecule has 1 aromatic heterocycles. The summed E-state index contributed by atoms with van der Waals surface area (Å²) >= 11 is 3.26. The number of aromatic nitrogens is 1. The number of Topliss-reactive ketones (excluding diaryl/α,β-unsaturated/α-hetero) is 1. The zero-order valence-corrected chi connectivity index (χ0v) is 12.8. The van der Waals surface area contributed by atoms with Crippen molar-refractivity contribution >= 4 is 44.1 Å². The summed E-state index contributed by atoms with van der Waals surface area (Å²) in [5.74, 6) is 0.884. The molecule has 1 aromatic carbocycles. The van der Waals surface area contributed by atoms with Gasteiger partial charge in [0, 0.05) is 5.75 Å². The summed E-state index contributed by atoms with van der Waals surface area (Å²) in [6.45, 7) is 5.59. The van der Waals surface area contributed by atoms with Gasteiger partial charge in [-0.25, -0.2) is 4.98 Å². The molecule has 5 heteroatoms. The number of aliphatic imine (C=N–C) groups is 1. The average molecular weight is 292 g/mol. The van der Waals surface area contributed by atoms with Crippen molar-refractivity contribution in [3.63, 3.8) is 0 Å². The molecule has 0 N–H and O–H groups in total. The van der Waals surface area contributed by atoms with E-state index in [-0.39, 0.29) is 11.8 Å². The Kier molecular flexibility index (Phi) is 4.71. The van der Waals surface area contributed by atoms with E-state index in [1.54, 1.807) is 30.0 Å². The van der Waals surface area contributed by atoms with Crippen molar-refractivity contribution < 1.29 is 4.79 Å². The highest BCUT2D eigenvalue weighted by Crippen LogP contribution is 2.29. The fraction of sp³-hybridized carbons (Fsp3) is 0.357. The van der Waals surface area contributed by atoms with Crippen LogP contribution in [-0.2, 0) is 4.79 Å². The minimum Gasteiger partial charge on any atom is -0.298 e. The van der Waals surface area contributed by atoms with E-state index >= 15 is 0 Å². The smallest absolute Gasteiger partial charge is 0.155 e. The van der Waals surface area contributed by atoms with Crippen LogP contribution < -0.4 is 0 Å². The highest BCUT2D eigenvalue weighted by Gasteiger charge is 2.24. The van der Waals surface area contributed by atoms with Crippen LogP contribution in [-0.4, -0.2) is 27.6 Å². The van der Waals surface area contributed by atoms with Crippen LogP contribution in [0.15, 0.2) is 29.3 Å².